The van der Waals surface area contributed by atoms with E-state index in [2.05, 4.69) is 24.4 Å². The Morgan fingerprint density at radius 3 is 2.48 bits per heavy atom. The second-order valence-corrected chi connectivity index (χ2v) is 6.86. The molecule has 3 rings (SSSR count). The van der Waals surface area contributed by atoms with E-state index in [1.54, 1.807) is 4.90 Å². The molecule has 1 aromatic rings. The number of benzene rings is 1. The fraction of sp³-hybridized carbons (Fsp3) is 0.579. The zero-order valence-electron chi connectivity index (χ0n) is 15.0. The lowest BCUT2D eigenvalue weighted by molar-refractivity contribution is -0.137. The topological polar surface area (TPSA) is 52.7 Å². The monoisotopic (exact) mass is 365 g/mol. The fourth-order valence-corrected chi connectivity index (χ4v) is 3.70. The Kier molecular flexibility index (Phi) is 6.85. The summed E-state index contributed by atoms with van der Waals surface area (Å²) in [4.78, 5) is 28.8. The number of nitrogens with zero attached hydrogens (tertiary/aromatic N) is 2. The number of hydrogen-bond donors (Lipinski definition) is 1. The molecule has 2 heterocycles. The molecular formula is C19H28ClN3O2. The number of carbonyl (C=O) groups excluding carboxylic acids is 2. The van der Waals surface area contributed by atoms with E-state index >= 15 is 0 Å². The maximum atomic E-state index is 12.8. The van der Waals surface area contributed by atoms with Crippen molar-refractivity contribution in [1.29, 1.82) is 0 Å². The Morgan fingerprint density at radius 2 is 1.88 bits per heavy atom. The highest BCUT2D eigenvalue weighted by Crippen LogP contribution is 2.27. The Bertz CT molecular complexity index is 599. The van der Waals surface area contributed by atoms with Crippen LogP contribution in [0.25, 0.3) is 0 Å². The predicted molar refractivity (Wildman–Crippen MR) is 102 cm³/mol. The number of carbonyl (C=O) groups is 2. The first kappa shape index (κ1) is 19.7. The van der Waals surface area contributed by atoms with E-state index in [-0.39, 0.29) is 30.1 Å². The highest BCUT2D eigenvalue weighted by Gasteiger charge is 2.37. The maximum absolute atomic E-state index is 12.8. The minimum absolute atomic E-state index is 0. The summed E-state index contributed by atoms with van der Waals surface area (Å²) in [6.07, 6.45) is 3.29. The standard InChI is InChI=1S/C19H27N3O2.ClH/c1-3-14-4-6-17(7-5-14)22-13-15(12-18(22)23)19(24)21(2)16-8-10-20-11-9-16;/h4-7,15-16,20H,3,8-13H2,1-2H3;1H. The number of rotatable bonds is 4. The molecule has 6 heteroatoms. The van der Waals surface area contributed by atoms with E-state index < -0.39 is 0 Å². The molecule has 2 fully saturated rings. The van der Waals surface area contributed by atoms with Crippen LogP contribution in [0.3, 0.4) is 0 Å². The summed E-state index contributed by atoms with van der Waals surface area (Å²) < 4.78 is 0. The van der Waals surface area contributed by atoms with Crippen LogP contribution < -0.4 is 10.2 Å². The van der Waals surface area contributed by atoms with Crippen molar-refractivity contribution in [2.24, 2.45) is 5.92 Å². The molecule has 2 amide bonds. The molecule has 138 valence electrons. The Balaban J connectivity index is 0.00000225. The first-order chi connectivity index (χ1) is 11.6. The molecule has 5 nitrogen and oxygen atoms in total. The molecule has 1 unspecified atom stereocenters. The number of hydrogen-bond acceptors (Lipinski definition) is 3. The van der Waals surface area contributed by atoms with E-state index in [1.807, 2.05) is 24.1 Å². The number of amides is 2. The maximum Gasteiger partial charge on any atom is 0.228 e. The first-order valence-electron chi connectivity index (χ1n) is 8.97. The fourth-order valence-electron chi connectivity index (χ4n) is 3.70. The third-order valence-corrected chi connectivity index (χ3v) is 5.33. The predicted octanol–water partition coefficient (Wildman–Crippen LogP) is 2.23. The summed E-state index contributed by atoms with van der Waals surface area (Å²) in [5.41, 5.74) is 2.15. The van der Waals surface area contributed by atoms with Gasteiger partial charge in [-0.2, -0.15) is 0 Å². The molecule has 2 aliphatic rings. The quantitative estimate of drug-likeness (QED) is 0.890. The van der Waals surface area contributed by atoms with Gasteiger partial charge in [0.15, 0.2) is 0 Å². The number of piperidine rings is 1. The average Bonchev–Trinajstić information content (AvgIpc) is 3.03. The largest absolute Gasteiger partial charge is 0.342 e. The van der Waals surface area contributed by atoms with E-state index in [4.69, 9.17) is 0 Å². The molecule has 1 aromatic carbocycles. The molecule has 0 spiro atoms. The normalized spacial score (nSPS) is 21.1. The van der Waals surface area contributed by atoms with Crippen molar-refractivity contribution in [3.63, 3.8) is 0 Å². The van der Waals surface area contributed by atoms with Crippen LogP contribution in [0.15, 0.2) is 24.3 Å². The molecule has 0 radical (unpaired) electrons. The van der Waals surface area contributed by atoms with Crippen LogP contribution in [0.1, 0.15) is 31.7 Å². The van der Waals surface area contributed by atoms with E-state index in [9.17, 15) is 9.59 Å². The lowest BCUT2D eigenvalue weighted by atomic mass is 10.0. The van der Waals surface area contributed by atoms with Crippen molar-refractivity contribution < 1.29 is 9.59 Å². The lowest BCUT2D eigenvalue weighted by Crippen LogP contribution is -2.46. The van der Waals surface area contributed by atoms with Crippen LogP contribution in [0.5, 0.6) is 0 Å². The summed E-state index contributed by atoms with van der Waals surface area (Å²) in [6, 6.07) is 8.38. The summed E-state index contributed by atoms with van der Waals surface area (Å²) in [6.45, 7) is 4.53. The molecule has 1 atom stereocenters. The third kappa shape index (κ3) is 4.33. The van der Waals surface area contributed by atoms with E-state index in [0.717, 1.165) is 38.0 Å². The van der Waals surface area contributed by atoms with E-state index in [0.29, 0.717) is 19.0 Å². The van der Waals surface area contributed by atoms with Gasteiger partial charge < -0.3 is 15.1 Å². The first-order valence-corrected chi connectivity index (χ1v) is 8.97. The van der Waals surface area contributed by atoms with Crippen LogP contribution in [-0.2, 0) is 16.0 Å². The van der Waals surface area contributed by atoms with Gasteiger partial charge in [0, 0.05) is 31.7 Å². The van der Waals surface area contributed by atoms with E-state index in [1.165, 1.54) is 5.56 Å². The van der Waals surface area contributed by atoms with Gasteiger partial charge in [0.2, 0.25) is 11.8 Å². The summed E-state index contributed by atoms with van der Waals surface area (Å²) in [5, 5.41) is 3.32. The Labute approximate surface area is 156 Å². The molecular weight excluding hydrogens is 338 g/mol. The van der Waals surface area contributed by atoms with Crippen molar-refractivity contribution in [3.05, 3.63) is 29.8 Å². The van der Waals surface area contributed by atoms with Crippen molar-refractivity contribution in [2.45, 2.75) is 38.6 Å². The van der Waals surface area contributed by atoms with Gasteiger partial charge in [-0.25, -0.2) is 0 Å². The van der Waals surface area contributed by atoms with Crippen molar-refractivity contribution in [3.8, 4) is 0 Å². The van der Waals surface area contributed by atoms with Gasteiger partial charge in [0.25, 0.3) is 0 Å². The number of aryl methyl sites for hydroxylation is 1. The smallest absolute Gasteiger partial charge is 0.228 e. The van der Waals surface area contributed by atoms with Crippen LogP contribution in [-0.4, -0.2) is 49.4 Å². The van der Waals surface area contributed by atoms with Gasteiger partial charge in [0.05, 0.1) is 5.92 Å². The van der Waals surface area contributed by atoms with Gasteiger partial charge >= 0.3 is 0 Å². The van der Waals surface area contributed by atoms with Gasteiger partial charge in [-0.1, -0.05) is 19.1 Å². The zero-order valence-corrected chi connectivity index (χ0v) is 15.8. The van der Waals surface area contributed by atoms with Crippen molar-refractivity contribution >= 4 is 29.9 Å². The van der Waals surface area contributed by atoms with Crippen LogP contribution >= 0.6 is 12.4 Å². The van der Waals surface area contributed by atoms with Gasteiger partial charge in [-0.05, 0) is 50.0 Å². The minimum Gasteiger partial charge on any atom is -0.342 e. The highest BCUT2D eigenvalue weighted by molar-refractivity contribution is 6.00. The van der Waals surface area contributed by atoms with Gasteiger partial charge in [-0.15, -0.1) is 12.4 Å². The molecule has 0 bridgehead atoms. The number of nitrogens with one attached hydrogen (secondary N) is 1. The lowest BCUT2D eigenvalue weighted by Gasteiger charge is -2.33. The van der Waals surface area contributed by atoms with Gasteiger partial charge in [-0.3, -0.25) is 9.59 Å². The molecule has 0 aliphatic carbocycles. The third-order valence-electron chi connectivity index (χ3n) is 5.33. The van der Waals surface area contributed by atoms with Crippen LogP contribution in [0.4, 0.5) is 5.69 Å². The zero-order chi connectivity index (χ0) is 17.1. The molecule has 0 saturated carbocycles. The SMILES string of the molecule is CCc1ccc(N2CC(C(=O)N(C)C3CCNCC3)CC2=O)cc1.Cl. The second kappa shape index (κ2) is 8.68. The van der Waals surface area contributed by atoms with Crippen molar-refractivity contribution in [1.82, 2.24) is 10.2 Å². The summed E-state index contributed by atoms with van der Waals surface area (Å²) >= 11 is 0. The van der Waals surface area contributed by atoms with Crippen molar-refractivity contribution in [2.75, 3.05) is 31.6 Å². The molecule has 1 N–H and O–H groups in total. The second-order valence-electron chi connectivity index (χ2n) is 6.86. The highest BCUT2D eigenvalue weighted by atomic mass is 35.5. The molecule has 2 saturated heterocycles. The Hall–Kier alpha value is -1.59. The minimum atomic E-state index is -0.219. The van der Waals surface area contributed by atoms with Gasteiger partial charge in [0.1, 0.15) is 0 Å². The Morgan fingerprint density at radius 1 is 1.24 bits per heavy atom. The van der Waals surface area contributed by atoms with Crippen LogP contribution in [0.2, 0.25) is 0 Å². The average molecular weight is 366 g/mol. The number of anilines is 1. The number of halogens is 1. The molecule has 0 aromatic heterocycles. The molecule has 2 aliphatic heterocycles. The summed E-state index contributed by atoms with van der Waals surface area (Å²) in [5.74, 6) is -0.0533. The molecule has 25 heavy (non-hydrogen) atoms. The van der Waals surface area contributed by atoms with Crippen LogP contribution in [0, 0.1) is 5.92 Å². The summed E-state index contributed by atoms with van der Waals surface area (Å²) in [7, 11) is 1.89.